The van der Waals surface area contributed by atoms with Crippen LogP contribution in [0.15, 0.2) is 0 Å². The fourth-order valence-corrected chi connectivity index (χ4v) is 2.60. The van der Waals surface area contributed by atoms with E-state index in [1.807, 2.05) is 27.7 Å². The Morgan fingerprint density at radius 3 is 2.48 bits per heavy atom. The molecule has 3 N–H and O–H groups in total. The summed E-state index contributed by atoms with van der Waals surface area (Å²) in [7, 11) is 0. The van der Waals surface area contributed by atoms with E-state index in [1.165, 1.54) is 0 Å². The zero-order chi connectivity index (χ0) is 16.0. The fraction of sp³-hybridized carbons (Fsp3) is 0.625. The van der Waals surface area contributed by atoms with Crippen LogP contribution in [0.25, 0.3) is 0 Å². The monoisotopic (exact) mass is 293 g/mol. The van der Waals surface area contributed by atoms with Crippen molar-refractivity contribution in [1.29, 1.82) is 0 Å². The van der Waals surface area contributed by atoms with Crippen LogP contribution >= 0.6 is 0 Å². The normalized spacial score (nSPS) is 12.2. The van der Waals surface area contributed by atoms with Crippen molar-refractivity contribution in [1.82, 2.24) is 15.6 Å². The highest BCUT2D eigenvalue weighted by molar-refractivity contribution is 6.02. The Morgan fingerprint density at radius 1 is 1.29 bits per heavy atom. The minimum Gasteiger partial charge on any atom is -0.354 e. The van der Waals surface area contributed by atoms with Gasteiger partial charge in [0.25, 0.3) is 5.91 Å². The quantitative estimate of drug-likeness (QED) is 0.643. The van der Waals surface area contributed by atoms with E-state index < -0.39 is 0 Å². The number of hydrogen-bond acceptors (Lipinski definition) is 3. The molecule has 1 atom stereocenters. The van der Waals surface area contributed by atoms with Crippen molar-refractivity contribution in [3.63, 3.8) is 0 Å². The summed E-state index contributed by atoms with van der Waals surface area (Å²) < 4.78 is 0. The lowest BCUT2D eigenvalue weighted by Crippen LogP contribution is -2.39. The Kier molecular flexibility index (Phi) is 6.62. The van der Waals surface area contributed by atoms with E-state index in [4.69, 9.17) is 0 Å². The van der Waals surface area contributed by atoms with Crippen LogP contribution in [0.4, 0.5) is 0 Å². The number of aryl methyl sites for hydroxylation is 1. The van der Waals surface area contributed by atoms with Gasteiger partial charge in [-0.3, -0.25) is 9.59 Å². The molecule has 0 spiro atoms. The van der Waals surface area contributed by atoms with Gasteiger partial charge in [0.05, 0.1) is 0 Å². The van der Waals surface area contributed by atoms with Gasteiger partial charge in [0, 0.05) is 23.8 Å². The van der Waals surface area contributed by atoms with Gasteiger partial charge in [0.2, 0.25) is 0 Å². The number of H-pyrrole nitrogens is 1. The molecule has 118 valence electrons. The second-order valence-electron chi connectivity index (χ2n) is 5.45. The first-order valence-electron chi connectivity index (χ1n) is 7.66. The molecule has 1 heterocycles. The maximum absolute atomic E-state index is 12.4. The molecule has 0 saturated heterocycles. The van der Waals surface area contributed by atoms with E-state index >= 15 is 0 Å². The fourth-order valence-electron chi connectivity index (χ4n) is 2.60. The lowest BCUT2D eigenvalue weighted by molar-refractivity contribution is 0.0944. The predicted octanol–water partition coefficient (Wildman–Crippen LogP) is 2.21. The van der Waals surface area contributed by atoms with E-state index in [9.17, 15) is 9.59 Å². The Hall–Kier alpha value is -1.62. The molecule has 0 unspecified atom stereocenters. The van der Waals surface area contributed by atoms with Gasteiger partial charge in [-0.15, -0.1) is 0 Å². The number of rotatable bonds is 8. The molecule has 0 aliphatic carbocycles. The molecule has 5 nitrogen and oxygen atoms in total. The molecule has 21 heavy (non-hydrogen) atoms. The molecule has 0 radical (unpaired) electrons. The molecule has 0 aromatic carbocycles. The summed E-state index contributed by atoms with van der Waals surface area (Å²) in [5, 5.41) is 6.17. The minimum atomic E-state index is -0.140. The first-order chi connectivity index (χ1) is 9.92. The van der Waals surface area contributed by atoms with Gasteiger partial charge < -0.3 is 15.6 Å². The Bertz CT molecular complexity index is 506. The summed E-state index contributed by atoms with van der Waals surface area (Å²) in [5.41, 5.74) is 2.82. The first kappa shape index (κ1) is 17.4. The van der Waals surface area contributed by atoms with E-state index in [-0.39, 0.29) is 17.7 Å². The maximum atomic E-state index is 12.4. The summed E-state index contributed by atoms with van der Waals surface area (Å²) >= 11 is 0. The van der Waals surface area contributed by atoms with E-state index in [1.54, 1.807) is 6.92 Å². The average molecular weight is 293 g/mol. The minimum absolute atomic E-state index is 0.00673. The van der Waals surface area contributed by atoms with Gasteiger partial charge in [-0.25, -0.2) is 0 Å². The zero-order valence-electron chi connectivity index (χ0n) is 13.7. The molecule has 1 rings (SSSR count). The summed E-state index contributed by atoms with van der Waals surface area (Å²) in [6.45, 7) is 10.9. The van der Waals surface area contributed by atoms with Crippen molar-refractivity contribution >= 4 is 11.7 Å². The highest BCUT2D eigenvalue weighted by atomic mass is 16.2. The Balaban J connectivity index is 2.93. The van der Waals surface area contributed by atoms with Crippen LogP contribution in [-0.2, 0) is 6.42 Å². The Labute approximate surface area is 126 Å². The number of carbonyl (C=O) groups is 2. The number of ketones is 1. The molecule has 0 saturated carbocycles. The summed E-state index contributed by atoms with van der Waals surface area (Å²) in [4.78, 5) is 27.2. The van der Waals surface area contributed by atoms with Gasteiger partial charge in [0.1, 0.15) is 5.69 Å². The number of carbonyl (C=O) groups excluding carboxylic acids is 2. The van der Waals surface area contributed by atoms with Gasteiger partial charge in [0.15, 0.2) is 5.78 Å². The zero-order valence-corrected chi connectivity index (χ0v) is 13.7. The number of hydrogen-bond donors (Lipinski definition) is 3. The van der Waals surface area contributed by atoms with Crippen molar-refractivity contribution in [3.05, 3.63) is 22.5 Å². The second-order valence-corrected chi connectivity index (χ2v) is 5.45. The van der Waals surface area contributed by atoms with Crippen LogP contribution in [0, 0.1) is 6.92 Å². The Morgan fingerprint density at radius 2 is 1.95 bits per heavy atom. The molecular weight excluding hydrogens is 266 g/mol. The largest absolute Gasteiger partial charge is 0.354 e. The van der Waals surface area contributed by atoms with Crippen LogP contribution in [0.2, 0.25) is 0 Å². The predicted molar refractivity (Wildman–Crippen MR) is 85.0 cm³/mol. The lowest BCUT2D eigenvalue weighted by Gasteiger charge is -2.13. The van der Waals surface area contributed by atoms with Crippen molar-refractivity contribution < 1.29 is 9.59 Å². The van der Waals surface area contributed by atoms with Crippen LogP contribution in [0.3, 0.4) is 0 Å². The molecule has 0 aliphatic heterocycles. The molecule has 1 amide bonds. The highest BCUT2D eigenvalue weighted by Crippen LogP contribution is 2.21. The lowest BCUT2D eigenvalue weighted by atomic mass is 10.0. The molecule has 0 fully saturated rings. The van der Waals surface area contributed by atoms with Crippen molar-refractivity contribution in [2.45, 2.75) is 53.5 Å². The summed E-state index contributed by atoms with van der Waals surface area (Å²) in [6.07, 6.45) is 1.62. The highest BCUT2D eigenvalue weighted by Gasteiger charge is 2.22. The van der Waals surface area contributed by atoms with Gasteiger partial charge in [-0.2, -0.15) is 0 Å². The molecular formula is C16H27N3O2. The standard InChI is InChI=1S/C16H27N3O2/c1-6-8-13-14(12(5)20)11(4)19-15(13)16(21)18-9-10(3)17-7-2/h10,17,19H,6-9H2,1-5H3,(H,18,21)/t10-/m1/s1. The van der Waals surface area contributed by atoms with Crippen LogP contribution in [-0.4, -0.2) is 35.8 Å². The van der Waals surface area contributed by atoms with Crippen LogP contribution in [0.1, 0.15) is 66.2 Å². The number of likely N-dealkylation sites (N-methyl/N-ethyl adjacent to an activating group) is 1. The topological polar surface area (TPSA) is 74.0 Å². The van der Waals surface area contributed by atoms with E-state index in [0.717, 1.165) is 30.6 Å². The third-order valence-corrected chi connectivity index (χ3v) is 3.49. The number of amides is 1. The first-order valence-corrected chi connectivity index (χ1v) is 7.66. The summed E-state index contributed by atoms with van der Waals surface area (Å²) in [5.74, 6) is -0.133. The summed E-state index contributed by atoms with van der Waals surface area (Å²) in [6, 6.07) is 0.219. The van der Waals surface area contributed by atoms with Crippen LogP contribution in [0.5, 0.6) is 0 Å². The molecule has 0 bridgehead atoms. The van der Waals surface area contributed by atoms with E-state index in [2.05, 4.69) is 15.6 Å². The van der Waals surface area contributed by atoms with Crippen molar-refractivity contribution in [2.24, 2.45) is 0 Å². The SMILES string of the molecule is CCCc1c(C(=O)NC[C@@H](C)NCC)[nH]c(C)c1C(C)=O. The average Bonchev–Trinajstić information content (AvgIpc) is 2.74. The third kappa shape index (κ3) is 4.43. The third-order valence-electron chi connectivity index (χ3n) is 3.49. The molecule has 5 heteroatoms. The van der Waals surface area contributed by atoms with E-state index in [0.29, 0.717) is 17.8 Å². The molecule has 0 aliphatic rings. The van der Waals surface area contributed by atoms with Gasteiger partial charge in [-0.1, -0.05) is 20.3 Å². The number of Topliss-reactive ketones (excluding diaryl/α,β-unsaturated/α-hetero) is 1. The van der Waals surface area contributed by atoms with Crippen molar-refractivity contribution in [2.75, 3.05) is 13.1 Å². The number of nitrogens with one attached hydrogen (secondary N) is 3. The maximum Gasteiger partial charge on any atom is 0.268 e. The number of aromatic amines is 1. The van der Waals surface area contributed by atoms with Gasteiger partial charge >= 0.3 is 0 Å². The number of aromatic nitrogens is 1. The van der Waals surface area contributed by atoms with Crippen LogP contribution < -0.4 is 10.6 Å². The van der Waals surface area contributed by atoms with Gasteiger partial charge in [-0.05, 0) is 39.3 Å². The van der Waals surface area contributed by atoms with Crippen molar-refractivity contribution in [3.8, 4) is 0 Å². The molecule has 1 aromatic heterocycles. The second kappa shape index (κ2) is 7.98. The molecule has 1 aromatic rings. The smallest absolute Gasteiger partial charge is 0.268 e.